The summed E-state index contributed by atoms with van der Waals surface area (Å²) in [5.41, 5.74) is 0. The number of hydrogen-bond acceptors (Lipinski definition) is 3. The highest BCUT2D eigenvalue weighted by molar-refractivity contribution is 6.01. The van der Waals surface area contributed by atoms with Crippen LogP contribution in [-0.2, 0) is 4.79 Å². The average Bonchev–Trinajstić information content (AvgIpc) is 3.11. The second kappa shape index (κ2) is 7.19. The van der Waals surface area contributed by atoms with Crippen LogP contribution in [0, 0.1) is 11.8 Å². The lowest BCUT2D eigenvalue weighted by molar-refractivity contribution is -0.124. The minimum atomic E-state index is -0.303. The Hall–Kier alpha value is -1.79. The number of fused-ring (bicyclic) bond motifs is 1. The molecule has 2 aliphatic heterocycles. The van der Waals surface area contributed by atoms with Gasteiger partial charge in [0.15, 0.2) is 5.96 Å². The summed E-state index contributed by atoms with van der Waals surface area (Å²) in [6, 6.07) is -0.303. The van der Waals surface area contributed by atoms with Crippen molar-refractivity contribution in [1.29, 1.82) is 0 Å². The van der Waals surface area contributed by atoms with Crippen LogP contribution in [0.4, 0.5) is 4.79 Å². The minimum absolute atomic E-state index is 0.109. The van der Waals surface area contributed by atoms with Gasteiger partial charge in [0.2, 0.25) is 5.91 Å². The molecule has 128 valence electrons. The Balaban J connectivity index is 1.57. The van der Waals surface area contributed by atoms with Crippen LogP contribution in [0.1, 0.15) is 32.6 Å². The molecular formula is C16H27N5O2. The Labute approximate surface area is 137 Å². The van der Waals surface area contributed by atoms with E-state index < -0.39 is 0 Å². The zero-order chi connectivity index (χ0) is 16.2. The van der Waals surface area contributed by atoms with Gasteiger partial charge in [0, 0.05) is 19.6 Å². The quantitative estimate of drug-likeness (QED) is 0.452. The summed E-state index contributed by atoms with van der Waals surface area (Å²) in [4.78, 5) is 31.4. The molecule has 0 aromatic heterocycles. The standard InChI is InChI=1S/C16H27N5O2/c1-2-17-15(18-7-8-21-14(22)9-19-16(21)23)20-10-12-5-3-4-6-13(12)11-20/h12-13H,2-11H2,1H3,(H,17,18)(H,19,23). The molecular weight excluding hydrogens is 294 g/mol. The van der Waals surface area contributed by atoms with Gasteiger partial charge in [0.05, 0.1) is 19.6 Å². The van der Waals surface area contributed by atoms with E-state index in [1.54, 1.807) is 0 Å². The summed E-state index contributed by atoms with van der Waals surface area (Å²) in [6.07, 6.45) is 5.38. The van der Waals surface area contributed by atoms with Crippen LogP contribution in [-0.4, -0.2) is 67.0 Å². The lowest BCUT2D eigenvalue weighted by atomic mass is 9.82. The third-order valence-corrected chi connectivity index (χ3v) is 5.13. The van der Waals surface area contributed by atoms with Gasteiger partial charge >= 0.3 is 6.03 Å². The topological polar surface area (TPSA) is 77.0 Å². The molecule has 7 nitrogen and oxygen atoms in total. The number of rotatable bonds is 4. The van der Waals surface area contributed by atoms with E-state index in [-0.39, 0.29) is 18.5 Å². The van der Waals surface area contributed by atoms with Gasteiger partial charge in [-0.2, -0.15) is 0 Å². The lowest BCUT2D eigenvalue weighted by Gasteiger charge is -2.22. The molecule has 3 fully saturated rings. The fourth-order valence-electron chi connectivity index (χ4n) is 3.94. The molecule has 1 saturated carbocycles. The van der Waals surface area contributed by atoms with Crippen molar-refractivity contribution in [1.82, 2.24) is 20.4 Å². The first kappa shape index (κ1) is 16.1. The number of amides is 3. The van der Waals surface area contributed by atoms with Crippen molar-refractivity contribution in [2.45, 2.75) is 32.6 Å². The van der Waals surface area contributed by atoms with Gasteiger partial charge in [-0.05, 0) is 31.6 Å². The molecule has 7 heteroatoms. The highest BCUT2D eigenvalue weighted by Crippen LogP contribution is 2.35. The number of nitrogens with one attached hydrogen (secondary N) is 2. The second-order valence-electron chi connectivity index (χ2n) is 6.65. The van der Waals surface area contributed by atoms with Crippen molar-refractivity contribution in [2.24, 2.45) is 16.8 Å². The SMILES string of the molecule is CCNC(=NCCN1C(=O)CNC1=O)N1CC2CCCCC2C1. The summed E-state index contributed by atoms with van der Waals surface area (Å²) < 4.78 is 0. The van der Waals surface area contributed by atoms with E-state index in [0.717, 1.165) is 37.4 Å². The van der Waals surface area contributed by atoms with Crippen LogP contribution in [0.15, 0.2) is 4.99 Å². The molecule has 2 unspecified atom stereocenters. The number of urea groups is 1. The van der Waals surface area contributed by atoms with Crippen LogP contribution >= 0.6 is 0 Å². The molecule has 2 N–H and O–H groups in total. The molecule has 23 heavy (non-hydrogen) atoms. The maximum Gasteiger partial charge on any atom is 0.324 e. The molecule has 2 heterocycles. The first-order valence-corrected chi connectivity index (χ1v) is 8.80. The highest BCUT2D eigenvalue weighted by Gasteiger charge is 2.35. The van der Waals surface area contributed by atoms with E-state index >= 15 is 0 Å². The number of aliphatic imine (C=N–C) groups is 1. The van der Waals surface area contributed by atoms with Crippen LogP contribution in [0.3, 0.4) is 0 Å². The van der Waals surface area contributed by atoms with Crippen LogP contribution in [0.2, 0.25) is 0 Å². The number of guanidine groups is 1. The van der Waals surface area contributed by atoms with Crippen LogP contribution < -0.4 is 10.6 Å². The molecule has 2 atom stereocenters. The van der Waals surface area contributed by atoms with Crippen molar-refractivity contribution in [3.8, 4) is 0 Å². The third kappa shape index (κ3) is 3.59. The zero-order valence-corrected chi connectivity index (χ0v) is 13.9. The van der Waals surface area contributed by atoms with Gasteiger partial charge < -0.3 is 15.5 Å². The summed E-state index contributed by atoms with van der Waals surface area (Å²) in [7, 11) is 0. The van der Waals surface area contributed by atoms with Gasteiger partial charge in [-0.25, -0.2) is 4.79 Å². The van der Waals surface area contributed by atoms with E-state index in [1.807, 2.05) is 0 Å². The second-order valence-corrected chi connectivity index (χ2v) is 6.65. The van der Waals surface area contributed by atoms with Crippen molar-refractivity contribution < 1.29 is 9.59 Å². The molecule has 0 radical (unpaired) electrons. The normalized spacial score (nSPS) is 28.1. The number of carbonyl (C=O) groups excluding carboxylic acids is 2. The van der Waals surface area contributed by atoms with E-state index in [1.165, 1.54) is 30.6 Å². The molecule has 0 aromatic carbocycles. The number of imide groups is 1. The summed E-state index contributed by atoms with van der Waals surface area (Å²) >= 11 is 0. The number of carbonyl (C=O) groups is 2. The summed E-state index contributed by atoms with van der Waals surface area (Å²) in [5, 5.41) is 5.89. The van der Waals surface area contributed by atoms with E-state index in [0.29, 0.717) is 13.1 Å². The Morgan fingerprint density at radius 1 is 1.26 bits per heavy atom. The lowest BCUT2D eigenvalue weighted by Crippen LogP contribution is -2.41. The molecule has 0 spiro atoms. The number of nitrogens with zero attached hydrogens (tertiary/aromatic N) is 3. The molecule has 3 rings (SSSR count). The molecule has 2 saturated heterocycles. The first-order chi connectivity index (χ1) is 11.2. The maximum atomic E-state index is 11.6. The minimum Gasteiger partial charge on any atom is -0.357 e. The van der Waals surface area contributed by atoms with Crippen LogP contribution in [0.25, 0.3) is 0 Å². The Kier molecular flexibility index (Phi) is 5.03. The fraction of sp³-hybridized carbons (Fsp3) is 0.812. The smallest absolute Gasteiger partial charge is 0.324 e. The monoisotopic (exact) mass is 321 g/mol. The molecule has 1 aliphatic carbocycles. The van der Waals surface area contributed by atoms with E-state index in [2.05, 4.69) is 27.4 Å². The van der Waals surface area contributed by atoms with E-state index in [9.17, 15) is 9.59 Å². The predicted octanol–water partition coefficient (Wildman–Crippen LogP) is 0.626. The Morgan fingerprint density at radius 2 is 1.96 bits per heavy atom. The van der Waals surface area contributed by atoms with Gasteiger partial charge in [0.25, 0.3) is 0 Å². The first-order valence-electron chi connectivity index (χ1n) is 8.80. The Morgan fingerprint density at radius 3 is 2.52 bits per heavy atom. The van der Waals surface area contributed by atoms with Gasteiger partial charge in [0.1, 0.15) is 0 Å². The van der Waals surface area contributed by atoms with Crippen molar-refractivity contribution in [2.75, 3.05) is 39.3 Å². The molecule has 3 amide bonds. The van der Waals surface area contributed by atoms with Gasteiger partial charge in [-0.15, -0.1) is 0 Å². The predicted molar refractivity (Wildman–Crippen MR) is 88.1 cm³/mol. The average molecular weight is 321 g/mol. The van der Waals surface area contributed by atoms with E-state index in [4.69, 9.17) is 0 Å². The van der Waals surface area contributed by atoms with Crippen molar-refractivity contribution >= 4 is 17.9 Å². The molecule has 0 bridgehead atoms. The summed E-state index contributed by atoms with van der Waals surface area (Å²) in [6.45, 7) is 5.97. The van der Waals surface area contributed by atoms with Gasteiger partial charge in [-0.1, -0.05) is 12.8 Å². The number of hydrogen-bond donors (Lipinski definition) is 2. The Bertz CT molecular complexity index is 463. The molecule has 3 aliphatic rings. The largest absolute Gasteiger partial charge is 0.357 e. The number of likely N-dealkylation sites (tertiary alicyclic amines) is 1. The summed E-state index contributed by atoms with van der Waals surface area (Å²) in [5.74, 6) is 2.37. The fourth-order valence-corrected chi connectivity index (χ4v) is 3.94. The zero-order valence-electron chi connectivity index (χ0n) is 13.9. The van der Waals surface area contributed by atoms with Crippen molar-refractivity contribution in [3.05, 3.63) is 0 Å². The van der Waals surface area contributed by atoms with Crippen LogP contribution in [0.5, 0.6) is 0 Å². The van der Waals surface area contributed by atoms with Crippen molar-refractivity contribution in [3.63, 3.8) is 0 Å². The van der Waals surface area contributed by atoms with Gasteiger partial charge in [-0.3, -0.25) is 14.7 Å². The maximum absolute atomic E-state index is 11.6. The highest BCUT2D eigenvalue weighted by atomic mass is 16.2. The third-order valence-electron chi connectivity index (χ3n) is 5.13. The molecule has 0 aromatic rings.